The zero-order chi connectivity index (χ0) is 23.1. The molecule has 2 aromatic carbocycles. The van der Waals surface area contributed by atoms with Gasteiger partial charge in [-0.25, -0.2) is 4.98 Å². The molecule has 2 atom stereocenters. The van der Waals surface area contributed by atoms with Gasteiger partial charge in [0.05, 0.1) is 23.7 Å². The summed E-state index contributed by atoms with van der Waals surface area (Å²) in [5.41, 5.74) is 3.63. The molecule has 9 heteroatoms. The molecule has 1 aliphatic rings. The van der Waals surface area contributed by atoms with E-state index >= 15 is 0 Å². The SMILES string of the molecule is COc1ncc2c(N3CC(C)NC(C)C3)ccc(C(=O)Nc3ccc4nn(C)cc4c3)c2n1. The third-order valence-corrected chi connectivity index (χ3v) is 5.91. The third-order valence-electron chi connectivity index (χ3n) is 5.91. The summed E-state index contributed by atoms with van der Waals surface area (Å²) < 4.78 is 7.01. The molecule has 0 bridgehead atoms. The van der Waals surface area contributed by atoms with E-state index in [-0.39, 0.29) is 11.9 Å². The fraction of sp³-hybridized carbons (Fsp3) is 0.333. The van der Waals surface area contributed by atoms with Crippen LogP contribution in [0.3, 0.4) is 0 Å². The third kappa shape index (κ3) is 4.07. The molecule has 0 aliphatic carbocycles. The molecule has 2 N–H and O–H groups in total. The highest BCUT2D eigenvalue weighted by Gasteiger charge is 2.24. The Labute approximate surface area is 191 Å². The number of amides is 1. The van der Waals surface area contributed by atoms with Gasteiger partial charge >= 0.3 is 6.01 Å². The van der Waals surface area contributed by atoms with Crippen molar-refractivity contribution in [3.8, 4) is 6.01 Å². The van der Waals surface area contributed by atoms with Crippen LogP contribution in [0.2, 0.25) is 0 Å². The van der Waals surface area contributed by atoms with Crippen molar-refractivity contribution in [1.82, 2.24) is 25.1 Å². The number of anilines is 2. The fourth-order valence-electron chi connectivity index (χ4n) is 4.60. The van der Waals surface area contributed by atoms with Crippen LogP contribution in [0.15, 0.2) is 42.7 Å². The summed E-state index contributed by atoms with van der Waals surface area (Å²) in [6, 6.07) is 10.4. The quantitative estimate of drug-likeness (QED) is 0.498. The van der Waals surface area contributed by atoms with Crippen LogP contribution in [0.4, 0.5) is 11.4 Å². The molecule has 4 aromatic rings. The highest BCUT2D eigenvalue weighted by atomic mass is 16.5. The van der Waals surface area contributed by atoms with Crippen molar-refractivity contribution in [2.24, 2.45) is 7.05 Å². The van der Waals surface area contributed by atoms with E-state index in [1.165, 1.54) is 7.11 Å². The van der Waals surface area contributed by atoms with Crippen LogP contribution in [-0.2, 0) is 7.05 Å². The van der Waals surface area contributed by atoms with Gasteiger partial charge in [-0.1, -0.05) is 0 Å². The van der Waals surface area contributed by atoms with E-state index in [4.69, 9.17) is 4.74 Å². The number of carbonyl (C=O) groups excluding carboxylic acids is 1. The Balaban J connectivity index is 1.53. The van der Waals surface area contributed by atoms with Gasteiger partial charge in [0, 0.05) is 66.8 Å². The summed E-state index contributed by atoms with van der Waals surface area (Å²) in [4.78, 5) is 24.5. The normalized spacial score (nSPS) is 18.6. The first-order chi connectivity index (χ1) is 15.9. The maximum Gasteiger partial charge on any atom is 0.316 e. The smallest absolute Gasteiger partial charge is 0.316 e. The number of benzene rings is 2. The van der Waals surface area contributed by atoms with E-state index in [9.17, 15) is 4.79 Å². The van der Waals surface area contributed by atoms with Crippen LogP contribution in [0.25, 0.3) is 21.8 Å². The lowest BCUT2D eigenvalue weighted by Gasteiger charge is -2.38. The second-order valence-electron chi connectivity index (χ2n) is 8.66. The molecule has 1 saturated heterocycles. The van der Waals surface area contributed by atoms with Crippen molar-refractivity contribution in [2.75, 3.05) is 30.4 Å². The maximum atomic E-state index is 13.3. The average molecular weight is 446 g/mol. The Morgan fingerprint density at radius 2 is 1.97 bits per heavy atom. The summed E-state index contributed by atoms with van der Waals surface area (Å²) in [6.07, 6.45) is 3.66. The van der Waals surface area contributed by atoms with Crippen LogP contribution in [0, 0.1) is 0 Å². The van der Waals surface area contributed by atoms with Crippen LogP contribution in [0.1, 0.15) is 24.2 Å². The summed E-state index contributed by atoms with van der Waals surface area (Å²) >= 11 is 0. The first kappa shape index (κ1) is 21.1. The molecule has 0 saturated carbocycles. The Morgan fingerprint density at radius 1 is 1.18 bits per heavy atom. The second kappa shape index (κ2) is 8.32. The van der Waals surface area contributed by atoms with E-state index in [0.717, 1.165) is 35.1 Å². The molecule has 0 spiro atoms. The van der Waals surface area contributed by atoms with Gasteiger partial charge in [-0.05, 0) is 44.2 Å². The Morgan fingerprint density at radius 3 is 2.73 bits per heavy atom. The molecule has 3 heterocycles. The number of aromatic nitrogens is 4. The number of nitrogens with zero attached hydrogens (tertiary/aromatic N) is 5. The van der Waals surface area contributed by atoms with Gasteiger partial charge in [0.1, 0.15) is 0 Å². The van der Waals surface area contributed by atoms with E-state index in [0.29, 0.717) is 28.9 Å². The highest BCUT2D eigenvalue weighted by molar-refractivity contribution is 6.14. The fourth-order valence-corrected chi connectivity index (χ4v) is 4.60. The van der Waals surface area contributed by atoms with E-state index in [1.807, 2.05) is 43.6 Å². The van der Waals surface area contributed by atoms with Crippen LogP contribution in [0.5, 0.6) is 6.01 Å². The Bertz CT molecular complexity index is 1340. The topological polar surface area (TPSA) is 97.2 Å². The Hall–Kier alpha value is -3.72. The number of aryl methyl sites for hydroxylation is 1. The van der Waals surface area contributed by atoms with Gasteiger partial charge in [-0.3, -0.25) is 9.48 Å². The second-order valence-corrected chi connectivity index (χ2v) is 8.66. The standard InChI is InChI=1S/C24H27N7O2/c1-14-11-31(12-15(2)26-14)21-8-6-18(22-19(21)10-25-24(28-22)33-4)23(32)27-17-5-7-20-16(9-17)13-30(3)29-20/h5-10,13-15,26H,11-12H2,1-4H3,(H,27,32). The number of piperazine rings is 1. The number of hydrogen-bond donors (Lipinski definition) is 2. The largest absolute Gasteiger partial charge is 0.467 e. The number of carbonyl (C=O) groups is 1. The average Bonchev–Trinajstić information content (AvgIpc) is 3.16. The lowest BCUT2D eigenvalue weighted by atomic mass is 10.0. The predicted molar refractivity (Wildman–Crippen MR) is 129 cm³/mol. The van der Waals surface area contributed by atoms with Gasteiger partial charge in [0.15, 0.2) is 0 Å². The molecule has 2 unspecified atom stereocenters. The summed E-state index contributed by atoms with van der Waals surface area (Å²) in [6.45, 7) is 6.07. The van der Waals surface area contributed by atoms with Crippen LogP contribution >= 0.6 is 0 Å². The number of ether oxygens (including phenoxy) is 1. The minimum Gasteiger partial charge on any atom is -0.467 e. The van der Waals surface area contributed by atoms with Crippen LogP contribution in [-0.4, -0.2) is 57.9 Å². The molecule has 1 fully saturated rings. The molecule has 0 radical (unpaired) electrons. The van der Waals surface area contributed by atoms with Crippen molar-refractivity contribution in [1.29, 1.82) is 0 Å². The maximum absolute atomic E-state index is 13.3. The van der Waals surface area contributed by atoms with Crippen molar-refractivity contribution in [2.45, 2.75) is 25.9 Å². The van der Waals surface area contributed by atoms with Gasteiger partial charge in [-0.2, -0.15) is 10.1 Å². The number of methoxy groups -OCH3 is 1. The highest BCUT2D eigenvalue weighted by Crippen LogP contribution is 2.31. The van der Waals surface area contributed by atoms with Crippen molar-refractivity contribution in [3.05, 3.63) is 48.3 Å². The first-order valence-electron chi connectivity index (χ1n) is 11.0. The molecule has 5 rings (SSSR count). The van der Waals surface area contributed by atoms with Gasteiger partial charge < -0.3 is 20.3 Å². The number of fused-ring (bicyclic) bond motifs is 2. The zero-order valence-electron chi connectivity index (χ0n) is 19.2. The minimum absolute atomic E-state index is 0.229. The number of nitrogens with one attached hydrogen (secondary N) is 2. The Kier molecular flexibility index (Phi) is 5.33. The molecule has 33 heavy (non-hydrogen) atoms. The summed E-state index contributed by atoms with van der Waals surface area (Å²) in [7, 11) is 3.40. The van der Waals surface area contributed by atoms with E-state index in [1.54, 1.807) is 10.9 Å². The lowest BCUT2D eigenvalue weighted by Crippen LogP contribution is -2.54. The van der Waals surface area contributed by atoms with Gasteiger partial charge in [0.2, 0.25) is 0 Å². The molecule has 170 valence electrons. The first-order valence-corrected chi connectivity index (χ1v) is 11.0. The van der Waals surface area contributed by atoms with Crippen molar-refractivity contribution < 1.29 is 9.53 Å². The number of rotatable bonds is 4. The van der Waals surface area contributed by atoms with Crippen LogP contribution < -0.4 is 20.3 Å². The van der Waals surface area contributed by atoms with Gasteiger partial charge in [0.25, 0.3) is 5.91 Å². The molecule has 1 amide bonds. The predicted octanol–water partition coefficient (Wildman–Crippen LogP) is 2.96. The summed E-state index contributed by atoms with van der Waals surface area (Å²) in [5.74, 6) is -0.238. The van der Waals surface area contributed by atoms with Gasteiger partial charge in [-0.15, -0.1) is 0 Å². The molecular formula is C24H27N7O2. The van der Waals surface area contributed by atoms with Crippen molar-refractivity contribution >= 4 is 39.1 Å². The molecular weight excluding hydrogens is 418 g/mol. The lowest BCUT2D eigenvalue weighted by molar-refractivity contribution is 0.102. The summed E-state index contributed by atoms with van der Waals surface area (Å²) in [5, 5.41) is 12.7. The van der Waals surface area contributed by atoms with E-state index < -0.39 is 0 Å². The molecule has 2 aromatic heterocycles. The van der Waals surface area contributed by atoms with E-state index in [2.05, 4.69) is 44.4 Å². The monoisotopic (exact) mass is 445 g/mol. The molecule has 9 nitrogen and oxygen atoms in total. The zero-order valence-corrected chi connectivity index (χ0v) is 19.2. The number of hydrogen-bond acceptors (Lipinski definition) is 7. The molecule has 1 aliphatic heterocycles. The minimum atomic E-state index is -0.238. The van der Waals surface area contributed by atoms with Crippen molar-refractivity contribution in [3.63, 3.8) is 0 Å².